The van der Waals surface area contributed by atoms with Gasteiger partial charge in [0.15, 0.2) is 17.5 Å². The summed E-state index contributed by atoms with van der Waals surface area (Å²) in [6, 6.07) is 51.7. The van der Waals surface area contributed by atoms with Gasteiger partial charge in [0.2, 0.25) is 0 Å². The Labute approximate surface area is 304 Å². The van der Waals surface area contributed by atoms with Crippen LogP contribution in [0.25, 0.3) is 100 Å². The minimum absolute atomic E-state index is 0.0419. The van der Waals surface area contributed by atoms with Crippen LogP contribution in [0.3, 0.4) is 0 Å². The zero-order chi connectivity index (χ0) is 35.6. The van der Waals surface area contributed by atoms with Crippen LogP contribution in [-0.2, 0) is 14.1 Å². The zero-order valence-electron chi connectivity index (χ0n) is 29.0. The smallest absolute Gasteiger partial charge is 0.328 e. The fraction of sp³-hybridized carbons (Fsp3) is 0.0435. The van der Waals surface area contributed by atoms with E-state index >= 15 is 0 Å². The number of rotatable bonds is 5. The largest absolute Gasteiger partial charge is 0.456 e. The second-order valence-corrected chi connectivity index (χ2v) is 13.4. The molecule has 0 N–H and O–H groups in total. The predicted octanol–water partition coefficient (Wildman–Crippen LogP) is 10.4. The molecule has 0 atom stereocenters. The van der Waals surface area contributed by atoms with Gasteiger partial charge in [-0.15, -0.1) is 0 Å². The molecule has 0 bridgehead atoms. The van der Waals surface area contributed by atoms with Gasteiger partial charge in [-0.05, 0) is 63.4 Å². The van der Waals surface area contributed by atoms with Crippen LogP contribution in [0.1, 0.15) is 0 Å². The second kappa shape index (κ2) is 12.0. The molecule has 7 aromatic carbocycles. The second-order valence-electron chi connectivity index (χ2n) is 13.4. The highest BCUT2D eigenvalue weighted by Gasteiger charge is 2.16. The minimum Gasteiger partial charge on any atom is -0.456 e. The summed E-state index contributed by atoms with van der Waals surface area (Å²) >= 11 is 0. The molecule has 0 amide bonds. The monoisotopic (exact) mass is 685 g/mol. The van der Waals surface area contributed by atoms with Crippen LogP contribution in [0, 0.1) is 0 Å². The van der Waals surface area contributed by atoms with Crippen LogP contribution in [-0.4, -0.2) is 24.1 Å². The van der Waals surface area contributed by atoms with Crippen molar-refractivity contribution in [2.24, 2.45) is 14.1 Å². The van der Waals surface area contributed by atoms with E-state index in [1.807, 2.05) is 66.7 Å². The zero-order valence-corrected chi connectivity index (χ0v) is 29.0. The number of benzene rings is 7. The van der Waals surface area contributed by atoms with E-state index < -0.39 is 0 Å². The first-order valence-corrected chi connectivity index (χ1v) is 17.5. The van der Waals surface area contributed by atoms with Crippen molar-refractivity contribution in [3.05, 3.63) is 162 Å². The molecule has 252 valence electrons. The topological polar surface area (TPSA) is 78.7 Å². The molecular weight excluding hydrogens is 655 g/mol. The third-order valence-electron chi connectivity index (χ3n) is 10.2. The molecule has 0 radical (unpaired) electrons. The first-order valence-electron chi connectivity index (χ1n) is 17.5. The summed E-state index contributed by atoms with van der Waals surface area (Å²) in [5.74, 6) is 1.79. The van der Waals surface area contributed by atoms with Gasteiger partial charge >= 0.3 is 5.69 Å². The Hall–Kier alpha value is -7.12. The van der Waals surface area contributed by atoms with Gasteiger partial charge in [0, 0.05) is 41.6 Å². The van der Waals surface area contributed by atoms with Crippen molar-refractivity contribution in [3.63, 3.8) is 0 Å². The molecule has 7 nitrogen and oxygen atoms in total. The third kappa shape index (κ3) is 5.13. The average Bonchev–Trinajstić information content (AvgIpc) is 3.69. The molecule has 10 rings (SSSR count). The van der Waals surface area contributed by atoms with E-state index in [4.69, 9.17) is 19.4 Å². The lowest BCUT2D eigenvalue weighted by molar-refractivity contribution is 0.669. The Morgan fingerprint density at radius 3 is 1.68 bits per heavy atom. The molecular formula is C46H31N5O2. The first kappa shape index (κ1) is 30.7. The van der Waals surface area contributed by atoms with Crippen molar-refractivity contribution in [1.82, 2.24) is 24.1 Å². The van der Waals surface area contributed by atoms with Crippen molar-refractivity contribution in [2.45, 2.75) is 0 Å². The van der Waals surface area contributed by atoms with E-state index in [0.717, 1.165) is 77.3 Å². The Balaban J connectivity index is 1.04. The van der Waals surface area contributed by atoms with Gasteiger partial charge in [0.1, 0.15) is 11.2 Å². The van der Waals surface area contributed by atoms with Crippen LogP contribution in [0.4, 0.5) is 0 Å². The van der Waals surface area contributed by atoms with Gasteiger partial charge in [-0.2, -0.15) is 0 Å². The summed E-state index contributed by atoms with van der Waals surface area (Å²) in [4.78, 5) is 27.4. The molecule has 53 heavy (non-hydrogen) atoms. The molecule has 0 saturated heterocycles. The van der Waals surface area contributed by atoms with Crippen LogP contribution >= 0.6 is 0 Å². The number of hydrogen-bond donors (Lipinski definition) is 0. The maximum Gasteiger partial charge on any atom is 0.328 e. The van der Waals surface area contributed by atoms with Gasteiger partial charge in [0.25, 0.3) is 0 Å². The molecule has 0 fully saturated rings. The SMILES string of the molecule is Cn1c(=O)n(C)c2cc(-c3ccc(-c4nc(-c5ccccc5)nc(-c5ccc(-c6cccc7oc8cc9ccccc9cc8c67)cc5)n4)cc3)ccc21. The summed E-state index contributed by atoms with van der Waals surface area (Å²) in [5.41, 5.74) is 10.4. The number of imidazole rings is 1. The van der Waals surface area contributed by atoms with E-state index in [0.29, 0.717) is 17.5 Å². The van der Waals surface area contributed by atoms with Gasteiger partial charge in [0.05, 0.1) is 11.0 Å². The summed E-state index contributed by atoms with van der Waals surface area (Å²) in [5, 5.41) is 4.55. The first-order chi connectivity index (χ1) is 26.0. The molecule has 7 heteroatoms. The van der Waals surface area contributed by atoms with E-state index in [-0.39, 0.29) is 5.69 Å². The highest BCUT2D eigenvalue weighted by molar-refractivity contribution is 6.15. The molecule has 0 aliphatic heterocycles. The fourth-order valence-electron chi connectivity index (χ4n) is 7.40. The lowest BCUT2D eigenvalue weighted by Crippen LogP contribution is -2.19. The van der Waals surface area contributed by atoms with Crippen LogP contribution in [0.5, 0.6) is 0 Å². The maximum absolute atomic E-state index is 12.5. The minimum atomic E-state index is -0.0419. The van der Waals surface area contributed by atoms with Crippen molar-refractivity contribution in [2.75, 3.05) is 0 Å². The molecule has 0 unspecified atom stereocenters. The number of furan rings is 1. The van der Waals surface area contributed by atoms with Crippen molar-refractivity contribution >= 4 is 43.7 Å². The predicted molar refractivity (Wildman–Crippen MR) is 214 cm³/mol. The molecule has 3 aromatic heterocycles. The van der Waals surface area contributed by atoms with Crippen molar-refractivity contribution in [3.8, 4) is 56.4 Å². The Kier molecular flexibility index (Phi) is 6.94. The molecule has 0 saturated carbocycles. The Morgan fingerprint density at radius 2 is 1.00 bits per heavy atom. The van der Waals surface area contributed by atoms with Crippen LogP contribution in [0.15, 0.2) is 161 Å². The molecule has 3 heterocycles. The molecule has 0 aliphatic carbocycles. The Morgan fingerprint density at radius 1 is 0.453 bits per heavy atom. The van der Waals surface area contributed by atoms with E-state index in [9.17, 15) is 4.79 Å². The lowest BCUT2D eigenvalue weighted by atomic mass is 9.97. The summed E-state index contributed by atoms with van der Waals surface area (Å²) in [6.07, 6.45) is 0. The van der Waals surface area contributed by atoms with Gasteiger partial charge < -0.3 is 4.42 Å². The molecule has 0 aliphatic rings. The third-order valence-corrected chi connectivity index (χ3v) is 10.2. The average molecular weight is 686 g/mol. The number of hydrogen-bond acceptors (Lipinski definition) is 5. The summed E-state index contributed by atoms with van der Waals surface area (Å²) in [7, 11) is 3.60. The maximum atomic E-state index is 12.5. The lowest BCUT2D eigenvalue weighted by Gasteiger charge is -2.10. The number of nitrogens with zero attached hydrogens (tertiary/aromatic N) is 5. The van der Waals surface area contributed by atoms with Crippen LogP contribution < -0.4 is 5.69 Å². The van der Waals surface area contributed by atoms with E-state index in [1.54, 1.807) is 23.2 Å². The fourth-order valence-corrected chi connectivity index (χ4v) is 7.40. The van der Waals surface area contributed by atoms with E-state index in [1.165, 1.54) is 5.39 Å². The van der Waals surface area contributed by atoms with Crippen LogP contribution in [0.2, 0.25) is 0 Å². The van der Waals surface area contributed by atoms with Gasteiger partial charge in [-0.1, -0.05) is 121 Å². The highest BCUT2D eigenvalue weighted by Crippen LogP contribution is 2.39. The van der Waals surface area contributed by atoms with E-state index in [2.05, 4.69) is 84.9 Å². The van der Waals surface area contributed by atoms with Crippen molar-refractivity contribution < 1.29 is 4.42 Å². The molecule has 0 spiro atoms. The van der Waals surface area contributed by atoms with Gasteiger partial charge in [-0.3, -0.25) is 9.13 Å². The van der Waals surface area contributed by atoms with Crippen molar-refractivity contribution in [1.29, 1.82) is 0 Å². The quantitative estimate of drug-likeness (QED) is 0.180. The standard InChI is InChI=1S/C46H31N5O2/c1-50-38-24-23-35(26-39(38)51(2)46(50)52)28-15-19-31(20-16-28)44-47-43(30-9-4-3-5-10-30)48-45(49-44)32-21-17-29(18-22-32)36-13-8-14-40-42(36)37-25-33-11-6-7-12-34(33)27-41(37)53-40/h3-27H,1-2H3. The Bertz CT molecular complexity index is 3080. The summed E-state index contributed by atoms with van der Waals surface area (Å²) < 4.78 is 9.69. The highest BCUT2D eigenvalue weighted by atomic mass is 16.3. The molecule has 10 aromatic rings. The normalized spacial score (nSPS) is 11.7. The number of fused-ring (bicyclic) bond motifs is 5. The summed E-state index contributed by atoms with van der Waals surface area (Å²) in [6.45, 7) is 0. The number of aromatic nitrogens is 5. The van der Waals surface area contributed by atoms with Gasteiger partial charge in [-0.25, -0.2) is 19.7 Å². The number of aryl methyl sites for hydroxylation is 2.